The molecular weight excluding hydrogens is 312 g/mol. The molecule has 0 atom stereocenters. The van der Waals surface area contributed by atoms with Gasteiger partial charge in [0.15, 0.2) is 16.6 Å². The molecule has 1 heterocycles. The molecule has 0 saturated carbocycles. The van der Waals surface area contributed by atoms with E-state index in [0.29, 0.717) is 16.3 Å². The summed E-state index contributed by atoms with van der Waals surface area (Å²) >= 11 is 1.55. The smallest absolute Gasteiger partial charge is 0.253 e. The number of nitrogens with one attached hydrogen (secondary N) is 1. The number of fused-ring (bicyclic) bond motifs is 1. The number of thiazole rings is 1. The number of aryl methyl sites for hydroxylation is 2. The van der Waals surface area contributed by atoms with E-state index in [1.807, 2.05) is 0 Å². The van der Waals surface area contributed by atoms with Crippen LogP contribution in [0.2, 0.25) is 0 Å². The number of carbonyl (C=O) groups is 1. The monoisotopic (exact) mass is 330 g/mol. The predicted molar refractivity (Wildman–Crippen MR) is 90.8 cm³/mol. The number of phenolic OH excluding ortho intramolecular Hbond substituents is 2. The van der Waals surface area contributed by atoms with Crippen molar-refractivity contribution in [3.8, 4) is 11.5 Å². The number of anilines is 1. The summed E-state index contributed by atoms with van der Waals surface area (Å²) in [5.74, 6) is -0.610. The van der Waals surface area contributed by atoms with Crippen LogP contribution in [0.15, 0.2) is 23.8 Å². The molecule has 0 fully saturated rings. The molecule has 5 nitrogen and oxygen atoms in total. The summed E-state index contributed by atoms with van der Waals surface area (Å²) in [6.45, 7) is 1.70. The number of rotatable bonds is 3. The molecule has 3 rings (SSSR count). The van der Waals surface area contributed by atoms with Gasteiger partial charge in [-0.3, -0.25) is 10.1 Å². The van der Waals surface area contributed by atoms with Crippen molar-refractivity contribution >= 4 is 28.5 Å². The van der Waals surface area contributed by atoms with Gasteiger partial charge in [-0.05, 0) is 56.4 Å². The largest absolute Gasteiger partial charge is 0.504 e. The average Bonchev–Trinajstić information content (AvgIpc) is 2.93. The molecule has 0 aliphatic heterocycles. The summed E-state index contributed by atoms with van der Waals surface area (Å²) in [7, 11) is 0. The fraction of sp³-hybridized carbons (Fsp3) is 0.294. The minimum atomic E-state index is -0.219. The van der Waals surface area contributed by atoms with Crippen molar-refractivity contribution < 1.29 is 15.0 Å². The Morgan fingerprint density at radius 2 is 2.04 bits per heavy atom. The van der Waals surface area contributed by atoms with Gasteiger partial charge in [-0.25, -0.2) is 4.98 Å². The Morgan fingerprint density at radius 3 is 2.78 bits per heavy atom. The molecule has 0 radical (unpaired) electrons. The van der Waals surface area contributed by atoms with E-state index in [9.17, 15) is 15.0 Å². The summed E-state index contributed by atoms with van der Waals surface area (Å²) in [5, 5.41) is 22.3. The standard InChI is InChI=1S/C17H18N2O3S/c1-10(8-11-6-7-13(20)14(21)9-11)16(22)19-17-18-12-4-2-3-5-15(12)23-17/h6-9,20-21H,2-5H2,1H3,(H,18,19,22)/b10-8+. The third-order valence-electron chi connectivity index (χ3n) is 3.81. The van der Waals surface area contributed by atoms with Crippen molar-refractivity contribution in [3.05, 3.63) is 39.9 Å². The molecule has 0 unspecified atom stereocenters. The molecule has 1 aromatic carbocycles. The third kappa shape index (κ3) is 3.53. The minimum Gasteiger partial charge on any atom is -0.504 e. The number of aromatic hydroxyl groups is 2. The lowest BCUT2D eigenvalue weighted by atomic mass is 10.0. The first-order valence-corrected chi connectivity index (χ1v) is 8.35. The van der Waals surface area contributed by atoms with Crippen molar-refractivity contribution in [2.24, 2.45) is 0 Å². The van der Waals surface area contributed by atoms with Gasteiger partial charge in [0, 0.05) is 10.5 Å². The molecule has 6 heteroatoms. The van der Waals surface area contributed by atoms with Crippen LogP contribution >= 0.6 is 11.3 Å². The molecule has 1 amide bonds. The lowest BCUT2D eigenvalue weighted by Gasteiger charge is -2.06. The second kappa shape index (κ2) is 6.42. The second-order valence-corrected chi connectivity index (χ2v) is 6.71. The zero-order chi connectivity index (χ0) is 16.4. The zero-order valence-electron chi connectivity index (χ0n) is 12.8. The maximum Gasteiger partial charge on any atom is 0.253 e. The van der Waals surface area contributed by atoms with Gasteiger partial charge in [-0.1, -0.05) is 6.07 Å². The number of aromatic nitrogens is 1. The average molecular weight is 330 g/mol. The maximum atomic E-state index is 12.3. The SMILES string of the molecule is C/C(=C\c1ccc(O)c(O)c1)C(=O)Nc1nc2c(s1)CCCC2. The molecule has 1 aliphatic rings. The molecule has 0 bridgehead atoms. The van der Waals surface area contributed by atoms with Gasteiger partial charge in [-0.15, -0.1) is 11.3 Å². The first-order valence-electron chi connectivity index (χ1n) is 7.53. The highest BCUT2D eigenvalue weighted by molar-refractivity contribution is 7.15. The van der Waals surface area contributed by atoms with E-state index < -0.39 is 0 Å². The Labute approximate surface area is 138 Å². The van der Waals surface area contributed by atoms with Gasteiger partial charge in [-0.2, -0.15) is 0 Å². The van der Waals surface area contributed by atoms with Crippen molar-refractivity contribution in [2.75, 3.05) is 5.32 Å². The van der Waals surface area contributed by atoms with Gasteiger partial charge >= 0.3 is 0 Å². The fourth-order valence-corrected chi connectivity index (χ4v) is 3.59. The van der Waals surface area contributed by atoms with Crippen LogP contribution in [0.1, 0.15) is 35.9 Å². The summed E-state index contributed by atoms with van der Waals surface area (Å²) in [6.07, 6.45) is 6.04. The molecule has 2 aromatic rings. The van der Waals surface area contributed by atoms with Crippen LogP contribution in [0.3, 0.4) is 0 Å². The van der Waals surface area contributed by atoms with Crippen LogP contribution in [0.4, 0.5) is 5.13 Å². The van der Waals surface area contributed by atoms with E-state index in [2.05, 4.69) is 10.3 Å². The molecule has 1 aliphatic carbocycles. The Balaban J connectivity index is 1.72. The Morgan fingerprint density at radius 1 is 1.26 bits per heavy atom. The summed E-state index contributed by atoms with van der Waals surface area (Å²) in [4.78, 5) is 18.0. The van der Waals surface area contributed by atoms with Crippen LogP contribution in [0.5, 0.6) is 11.5 Å². The topological polar surface area (TPSA) is 82.5 Å². The lowest BCUT2D eigenvalue weighted by molar-refractivity contribution is -0.112. The Bertz CT molecular complexity index is 757. The number of hydrogen-bond donors (Lipinski definition) is 3. The summed E-state index contributed by atoms with van der Waals surface area (Å²) in [5.41, 5.74) is 2.26. The number of phenols is 2. The molecule has 23 heavy (non-hydrogen) atoms. The van der Waals surface area contributed by atoms with Crippen LogP contribution in [-0.2, 0) is 17.6 Å². The number of hydrogen-bond acceptors (Lipinski definition) is 5. The first-order chi connectivity index (χ1) is 11.0. The number of amides is 1. The van der Waals surface area contributed by atoms with E-state index in [-0.39, 0.29) is 17.4 Å². The Hall–Kier alpha value is -2.34. The van der Waals surface area contributed by atoms with Crippen LogP contribution in [-0.4, -0.2) is 21.1 Å². The molecule has 3 N–H and O–H groups in total. The molecule has 1 aromatic heterocycles. The highest BCUT2D eigenvalue weighted by atomic mass is 32.1. The summed E-state index contributed by atoms with van der Waals surface area (Å²) in [6, 6.07) is 4.43. The van der Waals surface area contributed by atoms with Crippen LogP contribution < -0.4 is 5.32 Å². The molecule has 120 valence electrons. The lowest BCUT2D eigenvalue weighted by Crippen LogP contribution is -2.12. The van der Waals surface area contributed by atoms with E-state index in [1.165, 1.54) is 23.4 Å². The molecular formula is C17H18N2O3S. The van der Waals surface area contributed by atoms with Gasteiger partial charge in [0.25, 0.3) is 5.91 Å². The minimum absolute atomic E-state index is 0.183. The molecule has 0 spiro atoms. The normalized spacial score (nSPS) is 14.4. The van der Waals surface area contributed by atoms with Gasteiger partial charge in [0.1, 0.15) is 0 Å². The van der Waals surface area contributed by atoms with Crippen molar-refractivity contribution in [1.29, 1.82) is 0 Å². The highest BCUT2D eigenvalue weighted by Crippen LogP contribution is 2.30. The van der Waals surface area contributed by atoms with Crippen LogP contribution in [0, 0.1) is 0 Å². The fourth-order valence-electron chi connectivity index (χ4n) is 2.55. The molecule has 0 saturated heterocycles. The van der Waals surface area contributed by atoms with Crippen molar-refractivity contribution in [3.63, 3.8) is 0 Å². The number of benzene rings is 1. The Kier molecular flexibility index (Phi) is 4.34. The van der Waals surface area contributed by atoms with Gasteiger partial charge in [0.2, 0.25) is 0 Å². The number of nitrogens with zero attached hydrogens (tertiary/aromatic N) is 1. The highest BCUT2D eigenvalue weighted by Gasteiger charge is 2.16. The predicted octanol–water partition coefficient (Wildman–Crippen LogP) is 3.48. The van der Waals surface area contributed by atoms with Crippen molar-refractivity contribution in [2.45, 2.75) is 32.6 Å². The summed E-state index contributed by atoms with van der Waals surface area (Å²) < 4.78 is 0. The van der Waals surface area contributed by atoms with Gasteiger partial charge in [0.05, 0.1) is 5.69 Å². The van der Waals surface area contributed by atoms with Gasteiger partial charge < -0.3 is 10.2 Å². The van der Waals surface area contributed by atoms with Crippen molar-refractivity contribution in [1.82, 2.24) is 4.98 Å². The number of carbonyl (C=O) groups excluding carboxylic acids is 1. The van der Waals surface area contributed by atoms with E-state index in [4.69, 9.17) is 0 Å². The van der Waals surface area contributed by atoms with E-state index in [0.717, 1.165) is 25.0 Å². The van der Waals surface area contributed by atoms with Crippen LogP contribution in [0.25, 0.3) is 6.08 Å². The zero-order valence-corrected chi connectivity index (χ0v) is 13.6. The second-order valence-electron chi connectivity index (χ2n) is 5.63. The maximum absolute atomic E-state index is 12.3. The third-order valence-corrected chi connectivity index (χ3v) is 4.88. The van der Waals surface area contributed by atoms with E-state index >= 15 is 0 Å². The quantitative estimate of drug-likeness (QED) is 0.594. The first kappa shape index (κ1) is 15.6. The van der Waals surface area contributed by atoms with E-state index in [1.54, 1.807) is 30.4 Å².